The van der Waals surface area contributed by atoms with Crippen molar-refractivity contribution in [2.45, 2.75) is 44.3 Å². The molecule has 3 aliphatic heterocycles. The number of benzene rings is 1. The molecular weight excluding hydrogens is 384 g/mol. The summed E-state index contributed by atoms with van der Waals surface area (Å²) in [5, 5.41) is 6.31. The summed E-state index contributed by atoms with van der Waals surface area (Å²) in [7, 11) is 0. The Bertz CT molecular complexity index is 919. The first-order chi connectivity index (χ1) is 13.2. The predicted molar refractivity (Wildman–Crippen MR) is 101 cm³/mol. The number of nitrogens with one attached hydrogen (secondary N) is 2. The average molecular weight is 405 g/mol. The van der Waals surface area contributed by atoms with E-state index in [4.69, 9.17) is 17.3 Å². The molecule has 3 aliphatic rings. The van der Waals surface area contributed by atoms with E-state index in [2.05, 4.69) is 10.6 Å². The SMILES string of the molecule is CCC(C)N1C(=O)[C@@H]2C(CC(N)=O)NC3(C(=O)Nc4ccc(Cl)cc43)[C@@H]2C1=O. The Morgan fingerprint density at radius 3 is 2.68 bits per heavy atom. The molecule has 28 heavy (non-hydrogen) atoms. The van der Waals surface area contributed by atoms with Crippen LogP contribution < -0.4 is 16.4 Å². The van der Waals surface area contributed by atoms with Gasteiger partial charge < -0.3 is 11.1 Å². The number of nitrogens with zero attached hydrogens (tertiary/aromatic N) is 1. The van der Waals surface area contributed by atoms with Crippen molar-refractivity contribution in [3.63, 3.8) is 0 Å². The Hall–Kier alpha value is -2.45. The number of rotatable bonds is 4. The van der Waals surface area contributed by atoms with E-state index in [0.717, 1.165) is 0 Å². The van der Waals surface area contributed by atoms with Crippen LogP contribution in [-0.2, 0) is 24.7 Å². The number of carbonyl (C=O) groups is 4. The molecule has 0 aromatic heterocycles. The van der Waals surface area contributed by atoms with Gasteiger partial charge in [0.05, 0.1) is 11.8 Å². The quantitative estimate of drug-likeness (QED) is 0.639. The summed E-state index contributed by atoms with van der Waals surface area (Å²) in [6.07, 6.45) is 0.436. The van der Waals surface area contributed by atoms with Crippen LogP contribution >= 0.6 is 11.6 Å². The molecule has 0 saturated carbocycles. The van der Waals surface area contributed by atoms with Crippen LogP contribution in [0.15, 0.2) is 18.2 Å². The Balaban J connectivity index is 1.90. The summed E-state index contributed by atoms with van der Waals surface area (Å²) in [4.78, 5) is 52.5. The van der Waals surface area contributed by atoms with Crippen LogP contribution in [0.3, 0.4) is 0 Å². The Kier molecular flexibility index (Phi) is 4.24. The number of carbonyl (C=O) groups excluding carboxylic acids is 4. The zero-order valence-corrected chi connectivity index (χ0v) is 16.2. The van der Waals surface area contributed by atoms with Crippen molar-refractivity contribution < 1.29 is 19.2 Å². The van der Waals surface area contributed by atoms with E-state index in [1.54, 1.807) is 25.1 Å². The van der Waals surface area contributed by atoms with Gasteiger partial charge in [0.1, 0.15) is 5.54 Å². The second-order valence-electron chi connectivity index (χ2n) is 7.68. The van der Waals surface area contributed by atoms with Crippen LogP contribution in [0.4, 0.5) is 5.69 Å². The minimum Gasteiger partial charge on any atom is -0.370 e. The second kappa shape index (κ2) is 6.28. The largest absolute Gasteiger partial charge is 0.370 e. The number of halogens is 1. The van der Waals surface area contributed by atoms with Gasteiger partial charge in [-0.2, -0.15) is 0 Å². The van der Waals surface area contributed by atoms with Crippen molar-refractivity contribution in [3.05, 3.63) is 28.8 Å². The Morgan fingerprint density at radius 2 is 2.04 bits per heavy atom. The van der Waals surface area contributed by atoms with Gasteiger partial charge in [-0.3, -0.25) is 29.4 Å². The van der Waals surface area contributed by atoms with Gasteiger partial charge in [-0.1, -0.05) is 18.5 Å². The summed E-state index contributed by atoms with van der Waals surface area (Å²) in [5.41, 5.74) is 4.97. The lowest BCUT2D eigenvalue weighted by Gasteiger charge is -2.31. The monoisotopic (exact) mass is 404 g/mol. The first-order valence-electron chi connectivity index (χ1n) is 9.26. The van der Waals surface area contributed by atoms with E-state index in [9.17, 15) is 19.2 Å². The van der Waals surface area contributed by atoms with E-state index in [1.807, 2.05) is 6.92 Å². The highest BCUT2D eigenvalue weighted by Gasteiger charge is 2.70. The molecule has 9 heteroatoms. The molecule has 0 bridgehead atoms. The van der Waals surface area contributed by atoms with Crippen LogP contribution in [0.25, 0.3) is 0 Å². The number of amides is 4. The molecule has 3 unspecified atom stereocenters. The lowest BCUT2D eigenvalue weighted by atomic mass is 9.76. The molecular formula is C19H21ClN4O4. The number of primary amides is 1. The third kappa shape index (κ3) is 2.34. The topological polar surface area (TPSA) is 122 Å². The van der Waals surface area contributed by atoms with E-state index in [1.165, 1.54) is 4.90 Å². The summed E-state index contributed by atoms with van der Waals surface area (Å²) in [6, 6.07) is 3.90. The van der Waals surface area contributed by atoms with Crippen molar-refractivity contribution in [1.29, 1.82) is 0 Å². The maximum Gasteiger partial charge on any atom is 0.250 e. The molecule has 2 fully saturated rings. The number of hydrogen-bond acceptors (Lipinski definition) is 5. The third-order valence-corrected chi connectivity index (χ3v) is 6.40. The van der Waals surface area contributed by atoms with Crippen LogP contribution in [0.2, 0.25) is 5.02 Å². The van der Waals surface area contributed by atoms with Gasteiger partial charge in [0.25, 0.3) is 0 Å². The fraction of sp³-hybridized carbons (Fsp3) is 0.474. The zero-order valence-electron chi connectivity index (χ0n) is 15.5. The third-order valence-electron chi connectivity index (χ3n) is 6.16. The molecule has 1 spiro atoms. The minimum atomic E-state index is -1.46. The fourth-order valence-electron chi connectivity index (χ4n) is 4.80. The summed E-state index contributed by atoms with van der Waals surface area (Å²) < 4.78 is 0. The predicted octanol–water partition coefficient (Wildman–Crippen LogP) is 0.734. The van der Waals surface area contributed by atoms with Crippen LogP contribution in [-0.4, -0.2) is 40.6 Å². The van der Waals surface area contributed by atoms with Crippen molar-refractivity contribution >= 4 is 40.9 Å². The molecule has 2 saturated heterocycles. The molecule has 0 aliphatic carbocycles. The van der Waals surface area contributed by atoms with E-state index < -0.39 is 41.1 Å². The van der Waals surface area contributed by atoms with E-state index >= 15 is 0 Å². The minimum absolute atomic E-state index is 0.153. The van der Waals surface area contributed by atoms with Gasteiger partial charge in [0.15, 0.2) is 0 Å². The molecule has 148 valence electrons. The molecule has 5 atom stereocenters. The zero-order chi connectivity index (χ0) is 20.4. The molecule has 0 radical (unpaired) electrons. The molecule has 3 heterocycles. The highest BCUT2D eigenvalue weighted by Crippen LogP contribution is 2.54. The number of nitrogens with two attached hydrogens (primary N) is 1. The lowest BCUT2D eigenvalue weighted by Crippen LogP contribution is -2.54. The molecule has 4 amide bonds. The highest BCUT2D eigenvalue weighted by atomic mass is 35.5. The Morgan fingerprint density at radius 1 is 1.32 bits per heavy atom. The van der Waals surface area contributed by atoms with Crippen LogP contribution in [0.1, 0.15) is 32.3 Å². The number of fused-ring (bicyclic) bond motifs is 4. The van der Waals surface area contributed by atoms with E-state index in [0.29, 0.717) is 22.7 Å². The first-order valence-corrected chi connectivity index (χ1v) is 9.64. The van der Waals surface area contributed by atoms with E-state index in [-0.39, 0.29) is 18.4 Å². The molecule has 8 nitrogen and oxygen atoms in total. The summed E-state index contributed by atoms with van der Waals surface area (Å²) in [5.74, 6) is -3.63. The normalized spacial score (nSPS) is 31.9. The summed E-state index contributed by atoms with van der Waals surface area (Å²) >= 11 is 6.16. The standard InChI is InChI=1S/C19H21ClN4O4/c1-3-8(2)24-16(26)14-12(7-13(21)25)23-19(15(14)17(24)27)10-6-9(20)4-5-11(10)22-18(19)28/h4-6,8,12,14-15,23H,3,7H2,1-2H3,(H2,21,25)(H,22,28)/t8?,12?,14-,15+,19?/m1/s1. The van der Waals surface area contributed by atoms with Gasteiger partial charge >= 0.3 is 0 Å². The first kappa shape index (κ1) is 18.9. The lowest BCUT2D eigenvalue weighted by molar-refractivity contribution is -0.145. The van der Waals surface area contributed by atoms with Gasteiger partial charge in [-0.15, -0.1) is 0 Å². The van der Waals surface area contributed by atoms with Crippen molar-refractivity contribution in [2.75, 3.05) is 5.32 Å². The van der Waals surface area contributed by atoms with Gasteiger partial charge in [-0.25, -0.2) is 0 Å². The van der Waals surface area contributed by atoms with Crippen molar-refractivity contribution in [3.8, 4) is 0 Å². The summed E-state index contributed by atoms with van der Waals surface area (Å²) in [6.45, 7) is 3.67. The molecule has 1 aromatic carbocycles. The number of hydrogen-bond donors (Lipinski definition) is 3. The average Bonchev–Trinajstić information content (AvgIpc) is 3.20. The van der Waals surface area contributed by atoms with Gasteiger partial charge in [0, 0.05) is 34.8 Å². The maximum atomic E-state index is 13.4. The number of anilines is 1. The maximum absolute atomic E-state index is 13.4. The number of imide groups is 1. The highest BCUT2D eigenvalue weighted by molar-refractivity contribution is 6.31. The van der Waals surface area contributed by atoms with Crippen LogP contribution in [0, 0.1) is 11.8 Å². The Labute approximate surface area is 166 Å². The fourth-order valence-corrected chi connectivity index (χ4v) is 4.98. The van der Waals surface area contributed by atoms with Crippen molar-refractivity contribution in [2.24, 2.45) is 17.6 Å². The van der Waals surface area contributed by atoms with Crippen LogP contribution in [0.5, 0.6) is 0 Å². The second-order valence-corrected chi connectivity index (χ2v) is 8.12. The molecule has 4 N–H and O–H groups in total. The molecule has 1 aromatic rings. The molecule has 4 rings (SSSR count). The smallest absolute Gasteiger partial charge is 0.250 e. The van der Waals surface area contributed by atoms with Gasteiger partial charge in [0.2, 0.25) is 23.6 Å². The van der Waals surface area contributed by atoms with Crippen molar-refractivity contribution in [1.82, 2.24) is 10.2 Å². The number of likely N-dealkylation sites (tertiary alicyclic amines) is 1. The van der Waals surface area contributed by atoms with Gasteiger partial charge in [-0.05, 0) is 31.5 Å².